The molecular weight excluding hydrogens is 348 g/mol. The summed E-state index contributed by atoms with van der Waals surface area (Å²) in [5.74, 6) is -1.29. The minimum absolute atomic E-state index is 0.0702. The van der Waals surface area contributed by atoms with Gasteiger partial charge in [-0.1, -0.05) is 44.2 Å². The van der Waals surface area contributed by atoms with E-state index < -0.39 is 11.6 Å². The van der Waals surface area contributed by atoms with Crippen LogP contribution < -0.4 is 5.32 Å². The standard InChI is InChI=1S/C21H27F2N3O/c1-4-26(5-2)14-17-8-6-16(7-9-17)13-24-21(27)25(3)15-18-10-11-19(22)12-20(18)23/h6-12H,4-5,13-15H2,1-3H3,(H,24,27). The number of hydrogen-bond acceptors (Lipinski definition) is 2. The Kier molecular flexibility index (Phi) is 7.73. The Labute approximate surface area is 159 Å². The van der Waals surface area contributed by atoms with Crippen LogP contribution in [0.25, 0.3) is 0 Å². The Hall–Kier alpha value is -2.47. The molecule has 2 aromatic rings. The van der Waals surface area contributed by atoms with Crippen molar-refractivity contribution in [3.8, 4) is 0 Å². The lowest BCUT2D eigenvalue weighted by molar-refractivity contribution is 0.206. The number of urea groups is 1. The molecular formula is C21H27F2N3O. The smallest absolute Gasteiger partial charge is 0.317 e. The van der Waals surface area contributed by atoms with Crippen molar-refractivity contribution in [2.45, 2.75) is 33.5 Å². The van der Waals surface area contributed by atoms with Crippen LogP contribution in [0.3, 0.4) is 0 Å². The van der Waals surface area contributed by atoms with Gasteiger partial charge in [0.05, 0.1) is 0 Å². The van der Waals surface area contributed by atoms with Gasteiger partial charge in [0.15, 0.2) is 0 Å². The van der Waals surface area contributed by atoms with Crippen LogP contribution in [-0.2, 0) is 19.6 Å². The number of benzene rings is 2. The zero-order chi connectivity index (χ0) is 19.8. The van der Waals surface area contributed by atoms with Gasteiger partial charge >= 0.3 is 6.03 Å². The molecule has 6 heteroatoms. The normalized spacial score (nSPS) is 10.9. The molecule has 0 atom stereocenters. The fraction of sp³-hybridized carbons (Fsp3) is 0.381. The van der Waals surface area contributed by atoms with Crippen molar-refractivity contribution in [3.63, 3.8) is 0 Å². The second-order valence-corrected chi connectivity index (χ2v) is 6.53. The van der Waals surface area contributed by atoms with Gasteiger partial charge in [-0.3, -0.25) is 4.90 Å². The summed E-state index contributed by atoms with van der Waals surface area (Å²) in [6.45, 7) is 7.67. The molecule has 0 aliphatic carbocycles. The molecule has 0 aromatic heterocycles. The van der Waals surface area contributed by atoms with E-state index in [9.17, 15) is 13.6 Å². The highest BCUT2D eigenvalue weighted by molar-refractivity contribution is 5.73. The third-order valence-electron chi connectivity index (χ3n) is 4.54. The average Bonchev–Trinajstić information content (AvgIpc) is 2.67. The molecule has 0 saturated heterocycles. The van der Waals surface area contributed by atoms with E-state index >= 15 is 0 Å². The third-order valence-corrected chi connectivity index (χ3v) is 4.54. The predicted molar refractivity (Wildman–Crippen MR) is 103 cm³/mol. The molecule has 0 fully saturated rings. The number of halogens is 2. The lowest BCUT2D eigenvalue weighted by Gasteiger charge is -2.19. The van der Waals surface area contributed by atoms with Gasteiger partial charge in [0, 0.05) is 38.3 Å². The van der Waals surface area contributed by atoms with Crippen LogP contribution in [0.15, 0.2) is 42.5 Å². The molecule has 2 rings (SSSR count). The van der Waals surface area contributed by atoms with Crippen molar-refractivity contribution in [1.82, 2.24) is 15.1 Å². The molecule has 2 amide bonds. The number of nitrogens with one attached hydrogen (secondary N) is 1. The van der Waals surface area contributed by atoms with Crippen molar-refractivity contribution in [2.75, 3.05) is 20.1 Å². The van der Waals surface area contributed by atoms with Crippen LogP contribution in [0.1, 0.15) is 30.5 Å². The summed E-state index contributed by atoms with van der Waals surface area (Å²) in [6, 6.07) is 11.2. The maximum atomic E-state index is 13.7. The summed E-state index contributed by atoms with van der Waals surface area (Å²) in [6.07, 6.45) is 0. The van der Waals surface area contributed by atoms with Gasteiger partial charge in [0.1, 0.15) is 11.6 Å². The Morgan fingerprint density at radius 2 is 1.59 bits per heavy atom. The summed E-state index contributed by atoms with van der Waals surface area (Å²) in [4.78, 5) is 15.9. The first-order valence-electron chi connectivity index (χ1n) is 9.16. The van der Waals surface area contributed by atoms with Crippen molar-refractivity contribution < 1.29 is 13.6 Å². The van der Waals surface area contributed by atoms with E-state index in [0.717, 1.165) is 31.3 Å². The minimum Gasteiger partial charge on any atom is -0.334 e. The Morgan fingerprint density at radius 3 is 2.19 bits per heavy atom. The Balaban J connectivity index is 1.85. The molecule has 2 aromatic carbocycles. The number of amides is 2. The fourth-order valence-corrected chi connectivity index (χ4v) is 2.76. The quantitative estimate of drug-likeness (QED) is 0.752. The zero-order valence-electron chi connectivity index (χ0n) is 16.1. The molecule has 4 nitrogen and oxygen atoms in total. The molecule has 0 heterocycles. The molecule has 0 aliphatic rings. The van der Waals surface area contributed by atoms with Crippen LogP contribution >= 0.6 is 0 Å². The van der Waals surface area contributed by atoms with Crippen LogP contribution in [0.2, 0.25) is 0 Å². The highest BCUT2D eigenvalue weighted by Crippen LogP contribution is 2.12. The first kappa shape index (κ1) is 20.8. The molecule has 0 saturated carbocycles. The highest BCUT2D eigenvalue weighted by atomic mass is 19.1. The van der Waals surface area contributed by atoms with E-state index in [1.807, 2.05) is 12.1 Å². The van der Waals surface area contributed by atoms with Gasteiger partial charge in [-0.2, -0.15) is 0 Å². The van der Waals surface area contributed by atoms with Gasteiger partial charge in [-0.05, 0) is 30.3 Å². The molecule has 146 valence electrons. The third kappa shape index (κ3) is 6.32. The first-order valence-corrected chi connectivity index (χ1v) is 9.16. The maximum absolute atomic E-state index is 13.7. The van der Waals surface area contributed by atoms with Crippen LogP contribution in [0.4, 0.5) is 13.6 Å². The monoisotopic (exact) mass is 375 g/mol. The van der Waals surface area contributed by atoms with Gasteiger partial charge < -0.3 is 10.2 Å². The summed E-state index contributed by atoms with van der Waals surface area (Å²) in [7, 11) is 1.57. The van der Waals surface area contributed by atoms with Gasteiger partial charge in [0.25, 0.3) is 0 Å². The zero-order valence-corrected chi connectivity index (χ0v) is 16.1. The van der Waals surface area contributed by atoms with Crippen LogP contribution in [-0.4, -0.2) is 36.0 Å². The summed E-state index contributed by atoms with van der Waals surface area (Å²) in [5.41, 5.74) is 2.50. The molecule has 27 heavy (non-hydrogen) atoms. The summed E-state index contributed by atoms with van der Waals surface area (Å²) < 4.78 is 26.7. The maximum Gasteiger partial charge on any atom is 0.317 e. The number of rotatable bonds is 8. The largest absolute Gasteiger partial charge is 0.334 e. The van der Waals surface area contributed by atoms with Crippen molar-refractivity contribution in [1.29, 1.82) is 0 Å². The summed E-state index contributed by atoms with van der Waals surface area (Å²) in [5, 5.41) is 2.81. The van der Waals surface area contributed by atoms with E-state index in [-0.39, 0.29) is 18.1 Å². The summed E-state index contributed by atoms with van der Waals surface area (Å²) >= 11 is 0. The topological polar surface area (TPSA) is 35.6 Å². The van der Waals surface area contributed by atoms with E-state index in [1.165, 1.54) is 22.6 Å². The SMILES string of the molecule is CCN(CC)Cc1ccc(CNC(=O)N(C)Cc2ccc(F)cc2F)cc1. The highest BCUT2D eigenvalue weighted by Gasteiger charge is 2.12. The lowest BCUT2D eigenvalue weighted by Crippen LogP contribution is -2.36. The molecule has 0 spiro atoms. The minimum atomic E-state index is -0.654. The number of carbonyl (C=O) groups excluding carboxylic acids is 1. The second-order valence-electron chi connectivity index (χ2n) is 6.53. The van der Waals surface area contributed by atoms with Crippen molar-refractivity contribution >= 4 is 6.03 Å². The van der Waals surface area contributed by atoms with Crippen LogP contribution in [0, 0.1) is 11.6 Å². The van der Waals surface area contributed by atoms with Crippen molar-refractivity contribution in [3.05, 3.63) is 70.8 Å². The van der Waals surface area contributed by atoms with Gasteiger partial charge in [-0.25, -0.2) is 13.6 Å². The van der Waals surface area contributed by atoms with E-state index in [2.05, 4.69) is 36.2 Å². The Bertz CT molecular complexity index is 746. The van der Waals surface area contributed by atoms with Crippen molar-refractivity contribution in [2.24, 2.45) is 0 Å². The number of carbonyl (C=O) groups is 1. The fourth-order valence-electron chi connectivity index (χ4n) is 2.76. The van der Waals surface area contributed by atoms with E-state index in [4.69, 9.17) is 0 Å². The van der Waals surface area contributed by atoms with Gasteiger partial charge in [-0.15, -0.1) is 0 Å². The average molecular weight is 375 g/mol. The second kappa shape index (κ2) is 10.0. The predicted octanol–water partition coefficient (Wildman–Crippen LogP) is 4.15. The van der Waals surface area contributed by atoms with Crippen LogP contribution in [0.5, 0.6) is 0 Å². The van der Waals surface area contributed by atoms with E-state index in [1.54, 1.807) is 7.05 Å². The molecule has 0 aliphatic heterocycles. The molecule has 0 bridgehead atoms. The van der Waals surface area contributed by atoms with Gasteiger partial charge in [0.2, 0.25) is 0 Å². The number of hydrogen-bond donors (Lipinski definition) is 1. The number of nitrogens with zero attached hydrogens (tertiary/aromatic N) is 2. The Morgan fingerprint density at radius 1 is 0.963 bits per heavy atom. The molecule has 0 unspecified atom stereocenters. The lowest BCUT2D eigenvalue weighted by atomic mass is 10.1. The molecule has 1 N–H and O–H groups in total. The first-order chi connectivity index (χ1) is 12.9. The van der Waals surface area contributed by atoms with E-state index in [0.29, 0.717) is 6.54 Å². The molecule has 0 radical (unpaired) electrons.